The molecule has 0 fully saturated rings. The maximum atomic E-state index is 11.4. The number of methoxy groups -OCH3 is 1. The first-order chi connectivity index (χ1) is 9.01. The van der Waals surface area contributed by atoms with Gasteiger partial charge in [0.1, 0.15) is 10.6 Å². The average Bonchev–Trinajstić information content (AvgIpc) is 2.97. The summed E-state index contributed by atoms with van der Waals surface area (Å²) in [7, 11) is 1.36. The topological polar surface area (TPSA) is 61.2 Å². The fourth-order valence-electron chi connectivity index (χ4n) is 1.69. The van der Waals surface area contributed by atoms with Crippen LogP contribution in [0.5, 0.6) is 0 Å². The normalized spacial score (nSPS) is 10.5. The molecule has 0 N–H and O–H groups in total. The second-order valence-electron chi connectivity index (χ2n) is 4.14. The SMILES string of the molecule is COC(=O)c1cc(Cn2ccc(C(C)=O)n2)c(C)s1. The minimum atomic E-state index is -0.329. The van der Waals surface area contributed by atoms with Gasteiger partial charge < -0.3 is 4.74 Å². The Balaban J connectivity index is 2.20. The van der Waals surface area contributed by atoms with Crippen molar-refractivity contribution in [1.82, 2.24) is 9.78 Å². The summed E-state index contributed by atoms with van der Waals surface area (Å²) in [5, 5.41) is 4.18. The fourth-order valence-corrected chi connectivity index (χ4v) is 2.64. The number of carbonyl (C=O) groups excluding carboxylic acids is 2. The van der Waals surface area contributed by atoms with Gasteiger partial charge in [-0.3, -0.25) is 9.48 Å². The van der Waals surface area contributed by atoms with Crippen molar-refractivity contribution in [2.24, 2.45) is 0 Å². The molecule has 0 atom stereocenters. The molecule has 0 amide bonds. The van der Waals surface area contributed by atoms with Gasteiger partial charge in [0.2, 0.25) is 0 Å². The van der Waals surface area contributed by atoms with E-state index in [0.717, 1.165) is 10.4 Å². The van der Waals surface area contributed by atoms with Gasteiger partial charge in [-0.1, -0.05) is 0 Å². The highest BCUT2D eigenvalue weighted by Gasteiger charge is 2.13. The maximum Gasteiger partial charge on any atom is 0.348 e. The number of nitrogens with zero attached hydrogens (tertiary/aromatic N) is 2. The summed E-state index contributed by atoms with van der Waals surface area (Å²) in [6, 6.07) is 3.49. The van der Waals surface area contributed by atoms with Gasteiger partial charge in [-0.25, -0.2) is 4.79 Å². The van der Waals surface area contributed by atoms with Gasteiger partial charge >= 0.3 is 5.97 Å². The van der Waals surface area contributed by atoms with E-state index in [1.807, 2.05) is 6.92 Å². The molecular weight excluding hydrogens is 264 g/mol. The average molecular weight is 278 g/mol. The van der Waals surface area contributed by atoms with Crippen molar-refractivity contribution >= 4 is 23.1 Å². The van der Waals surface area contributed by atoms with Gasteiger partial charge in [0, 0.05) is 18.0 Å². The highest BCUT2D eigenvalue weighted by Crippen LogP contribution is 2.23. The second-order valence-corrected chi connectivity index (χ2v) is 5.39. The Hall–Kier alpha value is -1.95. The monoisotopic (exact) mass is 278 g/mol. The zero-order chi connectivity index (χ0) is 14.0. The number of thiophene rings is 1. The summed E-state index contributed by atoms with van der Waals surface area (Å²) in [6.07, 6.45) is 1.76. The van der Waals surface area contributed by atoms with Crippen LogP contribution in [0.1, 0.15) is 37.5 Å². The molecule has 0 aromatic carbocycles. The molecule has 0 aliphatic rings. The molecule has 0 saturated carbocycles. The summed E-state index contributed by atoms with van der Waals surface area (Å²) in [6.45, 7) is 3.96. The number of ketones is 1. The van der Waals surface area contributed by atoms with Crippen LogP contribution < -0.4 is 0 Å². The molecule has 6 heteroatoms. The lowest BCUT2D eigenvalue weighted by Gasteiger charge is -2.00. The third-order valence-corrected chi connectivity index (χ3v) is 3.81. The lowest BCUT2D eigenvalue weighted by atomic mass is 10.2. The van der Waals surface area contributed by atoms with Crippen LogP contribution in [0.3, 0.4) is 0 Å². The molecule has 100 valence electrons. The maximum absolute atomic E-state index is 11.4. The number of carbonyl (C=O) groups is 2. The van der Waals surface area contributed by atoms with E-state index in [9.17, 15) is 9.59 Å². The molecule has 0 aliphatic carbocycles. The molecule has 0 bridgehead atoms. The van der Waals surface area contributed by atoms with E-state index >= 15 is 0 Å². The number of Topliss-reactive ketones (excluding diaryl/α,β-unsaturated/α-hetero) is 1. The lowest BCUT2D eigenvalue weighted by molar-refractivity contribution is 0.0606. The van der Waals surface area contributed by atoms with Crippen LogP contribution >= 0.6 is 11.3 Å². The zero-order valence-corrected chi connectivity index (χ0v) is 11.8. The molecule has 19 heavy (non-hydrogen) atoms. The Morgan fingerprint density at radius 2 is 2.21 bits per heavy atom. The number of esters is 1. The van der Waals surface area contributed by atoms with E-state index in [2.05, 4.69) is 5.10 Å². The van der Waals surface area contributed by atoms with Crippen LogP contribution in [0.15, 0.2) is 18.3 Å². The summed E-state index contributed by atoms with van der Waals surface area (Å²) >= 11 is 1.40. The van der Waals surface area contributed by atoms with Crippen LogP contribution in [0.4, 0.5) is 0 Å². The Morgan fingerprint density at radius 3 is 2.79 bits per heavy atom. The number of ether oxygens (including phenoxy) is 1. The number of rotatable bonds is 4. The van der Waals surface area contributed by atoms with Crippen molar-refractivity contribution in [3.8, 4) is 0 Å². The van der Waals surface area contributed by atoms with Gasteiger partial charge in [-0.05, 0) is 24.6 Å². The quantitative estimate of drug-likeness (QED) is 0.636. The summed E-state index contributed by atoms with van der Waals surface area (Å²) in [4.78, 5) is 24.2. The smallest absolute Gasteiger partial charge is 0.348 e. The molecule has 0 aliphatic heterocycles. The van der Waals surface area contributed by atoms with Gasteiger partial charge in [-0.2, -0.15) is 5.10 Å². The third kappa shape index (κ3) is 2.90. The van der Waals surface area contributed by atoms with Crippen LogP contribution in [-0.2, 0) is 11.3 Å². The van der Waals surface area contributed by atoms with Crippen LogP contribution in [0.25, 0.3) is 0 Å². The Bertz CT molecular complexity index is 628. The van der Waals surface area contributed by atoms with Crippen LogP contribution in [0, 0.1) is 6.92 Å². The van der Waals surface area contributed by atoms with E-state index in [1.165, 1.54) is 25.4 Å². The predicted octanol–water partition coefficient (Wildman–Crippen LogP) is 2.29. The molecule has 0 radical (unpaired) electrons. The standard InChI is InChI=1S/C13H14N2O3S/c1-8(16)11-4-5-15(14-11)7-10-6-12(13(17)18-3)19-9(10)2/h4-6H,7H2,1-3H3. The molecule has 2 aromatic rings. The van der Waals surface area contributed by atoms with E-state index in [0.29, 0.717) is 17.1 Å². The van der Waals surface area contributed by atoms with Crippen LogP contribution in [0.2, 0.25) is 0 Å². The van der Waals surface area contributed by atoms with Crippen molar-refractivity contribution in [1.29, 1.82) is 0 Å². The Kier molecular flexibility index (Phi) is 3.80. The van der Waals surface area contributed by atoms with Crippen molar-refractivity contribution < 1.29 is 14.3 Å². The van der Waals surface area contributed by atoms with E-state index in [1.54, 1.807) is 23.0 Å². The summed E-state index contributed by atoms with van der Waals surface area (Å²) in [5.41, 5.74) is 1.45. The largest absolute Gasteiger partial charge is 0.465 e. The van der Waals surface area contributed by atoms with Gasteiger partial charge in [0.15, 0.2) is 5.78 Å². The number of aromatic nitrogens is 2. The molecule has 2 heterocycles. The Labute approximate surface area is 114 Å². The fraction of sp³-hybridized carbons (Fsp3) is 0.308. The number of aryl methyl sites for hydroxylation is 1. The molecule has 0 unspecified atom stereocenters. The van der Waals surface area contributed by atoms with Gasteiger partial charge in [-0.15, -0.1) is 11.3 Å². The van der Waals surface area contributed by atoms with Crippen molar-refractivity contribution in [2.75, 3.05) is 7.11 Å². The summed E-state index contributed by atoms with van der Waals surface area (Å²) < 4.78 is 6.38. The number of hydrogen-bond acceptors (Lipinski definition) is 5. The molecule has 5 nitrogen and oxygen atoms in total. The van der Waals surface area contributed by atoms with E-state index in [-0.39, 0.29) is 11.8 Å². The minimum absolute atomic E-state index is 0.0592. The molecule has 0 spiro atoms. The van der Waals surface area contributed by atoms with Crippen molar-refractivity contribution in [3.05, 3.63) is 39.3 Å². The first-order valence-electron chi connectivity index (χ1n) is 5.73. The van der Waals surface area contributed by atoms with E-state index < -0.39 is 0 Å². The Morgan fingerprint density at radius 1 is 1.47 bits per heavy atom. The highest BCUT2D eigenvalue weighted by atomic mass is 32.1. The second kappa shape index (κ2) is 5.36. The highest BCUT2D eigenvalue weighted by molar-refractivity contribution is 7.14. The summed E-state index contributed by atoms with van der Waals surface area (Å²) in [5.74, 6) is -0.389. The van der Waals surface area contributed by atoms with Gasteiger partial charge in [0.25, 0.3) is 0 Å². The lowest BCUT2D eigenvalue weighted by Crippen LogP contribution is -2.03. The number of hydrogen-bond donors (Lipinski definition) is 0. The van der Waals surface area contributed by atoms with Crippen molar-refractivity contribution in [2.45, 2.75) is 20.4 Å². The molecule has 2 aromatic heterocycles. The van der Waals surface area contributed by atoms with E-state index in [4.69, 9.17) is 4.74 Å². The van der Waals surface area contributed by atoms with Crippen molar-refractivity contribution in [3.63, 3.8) is 0 Å². The predicted molar refractivity (Wildman–Crippen MR) is 71.7 cm³/mol. The molecular formula is C13H14N2O3S. The minimum Gasteiger partial charge on any atom is -0.465 e. The molecule has 2 rings (SSSR count). The van der Waals surface area contributed by atoms with Crippen LogP contribution in [-0.4, -0.2) is 28.6 Å². The zero-order valence-electron chi connectivity index (χ0n) is 11.0. The van der Waals surface area contributed by atoms with Gasteiger partial charge in [0.05, 0.1) is 13.7 Å². The third-order valence-electron chi connectivity index (χ3n) is 2.74. The first kappa shape index (κ1) is 13.5. The molecule has 0 saturated heterocycles. The first-order valence-corrected chi connectivity index (χ1v) is 6.55.